The van der Waals surface area contributed by atoms with Crippen molar-refractivity contribution in [1.29, 1.82) is 0 Å². The number of ether oxygens (including phenoxy) is 1. The van der Waals surface area contributed by atoms with E-state index in [9.17, 15) is 22.8 Å². The molecule has 1 amide bonds. The molecule has 5 nitrogen and oxygen atoms in total. The molecule has 0 heterocycles. The van der Waals surface area contributed by atoms with Crippen molar-refractivity contribution in [1.82, 2.24) is 4.90 Å². The zero-order valence-corrected chi connectivity index (χ0v) is 18.0. The molecule has 0 aliphatic heterocycles. The second kappa shape index (κ2) is 9.63. The molecular formula is C24H26F3NO4. The number of halogens is 3. The Morgan fingerprint density at radius 3 is 2.34 bits per heavy atom. The number of carbonyl (C=O) groups excluding carboxylic acids is 1. The van der Waals surface area contributed by atoms with Gasteiger partial charge in [-0.05, 0) is 53.8 Å². The number of benzene rings is 2. The van der Waals surface area contributed by atoms with Gasteiger partial charge in [0.1, 0.15) is 5.75 Å². The van der Waals surface area contributed by atoms with Crippen molar-refractivity contribution in [3.05, 3.63) is 53.1 Å². The van der Waals surface area contributed by atoms with Gasteiger partial charge in [0.15, 0.2) is 0 Å². The Kier molecular flexibility index (Phi) is 7.11. The van der Waals surface area contributed by atoms with Crippen molar-refractivity contribution in [3.63, 3.8) is 0 Å². The number of methoxy groups -OCH3 is 1. The summed E-state index contributed by atoms with van der Waals surface area (Å²) in [6.45, 7) is 1.46. The Labute approximate surface area is 184 Å². The van der Waals surface area contributed by atoms with E-state index in [2.05, 4.69) is 0 Å². The minimum absolute atomic E-state index is 0.00451. The highest BCUT2D eigenvalue weighted by Crippen LogP contribution is 2.38. The fourth-order valence-electron chi connectivity index (χ4n) is 4.31. The lowest BCUT2D eigenvalue weighted by molar-refractivity contribution is -0.138. The number of nitrogens with zero attached hydrogens (tertiary/aromatic N) is 1. The zero-order chi connectivity index (χ0) is 23.5. The summed E-state index contributed by atoms with van der Waals surface area (Å²) in [5.74, 6) is -0.792. The molecule has 0 atom stereocenters. The largest absolute Gasteiger partial charge is 0.496 e. The first-order valence-corrected chi connectivity index (χ1v) is 10.5. The molecule has 0 aromatic heterocycles. The Balaban J connectivity index is 2.13. The van der Waals surface area contributed by atoms with Crippen molar-refractivity contribution >= 4 is 11.9 Å². The van der Waals surface area contributed by atoms with E-state index in [1.165, 1.54) is 20.1 Å². The van der Waals surface area contributed by atoms with Crippen molar-refractivity contribution in [3.8, 4) is 16.9 Å². The molecule has 2 aromatic rings. The standard InChI is InChI=1S/C24H26F3NO4/c1-15(29)28(19-5-3-4-6-19)14-17-13-18(24(25,26)27)8-9-20(17)21-11-16(12-23(30)31)7-10-22(21)32-2/h7-11,13,19H,3-6,12,14H2,1-2H3,(H,30,31). The van der Waals surface area contributed by atoms with Crippen LogP contribution in [0.3, 0.4) is 0 Å². The fourth-order valence-corrected chi connectivity index (χ4v) is 4.31. The maximum atomic E-state index is 13.5. The molecule has 0 saturated heterocycles. The minimum atomic E-state index is -4.53. The zero-order valence-electron chi connectivity index (χ0n) is 18.0. The van der Waals surface area contributed by atoms with Gasteiger partial charge in [0, 0.05) is 25.1 Å². The van der Waals surface area contributed by atoms with Crippen LogP contribution >= 0.6 is 0 Å². The third-order valence-corrected chi connectivity index (χ3v) is 5.85. The summed E-state index contributed by atoms with van der Waals surface area (Å²) in [7, 11) is 1.44. The Hall–Kier alpha value is -3.03. The predicted octanol–water partition coefficient (Wildman–Crippen LogP) is 5.30. The van der Waals surface area contributed by atoms with Gasteiger partial charge in [-0.15, -0.1) is 0 Å². The van der Waals surface area contributed by atoms with Crippen LogP contribution in [0.2, 0.25) is 0 Å². The predicted molar refractivity (Wildman–Crippen MR) is 113 cm³/mol. The topological polar surface area (TPSA) is 66.8 Å². The molecule has 2 aromatic carbocycles. The molecule has 0 radical (unpaired) electrons. The monoisotopic (exact) mass is 449 g/mol. The van der Waals surface area contributed by atoms with Gasteiger partial charge in [0.25, 0.3) is 0 Å². The highest BCUT2D eigenvalue weighted by Gasteiger charge is 2.32. The number of carboxylic acids is 1. The molecule has 32 heavy (non-hydrogen) atoms. The van der Waals surface area contributed by atoms with E-state index in [-0.39, 0.29) is 24.9 Å². The van der Waals surface area contributed by atoms with E-state index in [1.54, 1.807) is 23.1 Å². The van der Waals surface area contributed by atoms with E-state index < -0.39 is 17.7 Å². The van der Waals surface area contributed by atoms with Gasteiger partial charge in [-0.3, -0.25) is 9.59 Å². The lowest BCUT2D eigenvalue weighted by Gasteiger charge is -2.29. The fraction of sp³-hybridized carbons (Fsp3) is 0.417. The summed E-state index contributed by atoms with van der Waals surface area (Å²) in [6.07, 6.45) is -1.15. The highest BCUT2D eigenvalue weighted by molar-refractivity contribution is 5.78. The van der Waals surface area contributed by atoms with Gasteiger partial charge in [0.05, 0.1) is 19.1 Å². The molecule has 1 saturated carbocycles. The summed E-state index contributed by atoms with van der Waals surface area (Å²) >= 11 is 0. The van der Waals surface area contributed by atoms with Crippen LogP contribution in [0.25, 0.3) is 11.1 Å². The molecule has 172 valence electrons. The number of hydrogen-bond donors (Lipinski definition) is 1. The second-order valence-corrected chi connectivity index (χ2v) is 8.06. The van der Waals surface area contributed by atoms with Crippen molar-refractivity contribution in [2.45, 2.75) is 57.8 Å². The van der Waals surface area contributed by atoms with Gasteiger partial charge in [-0.25, -0.2) is 0 Å². The SMILES string of the molecule is COc1ccc(CC(=O)O)cc1-c1ccc(C(F)(F)F)cc1CN(C(C)=O)C1CCCC1. The first-order chi connectivity index (χ1) is 15.1. The number of amides is 1. The second-order valence-electron chi connectivity index (χ2n) is 8.06. The summed E-state index contributed by atoms with van der Waals surface area (Å²) in [6, 6.07) is 8.27. The van der Waals surface area contributed by atoms with Crippen LogP contribution in [0.15, 0.2) is 36.4 Å². The summed E-state index contributed by atoms with van der Waals surface area (Å²) in [4.78, 5) is 25.2. The third kappa shape index (κ3) is 5.41. The summed E-state index contributed by atoms with van der Waals surface area (Å²) < 4.78 is 45.9. The van der Waals surface area contributed by atoms with E-state index in [0.717, 1.165) is 37.8 Å². The molecule has 1 N–H and O–H groups in total. The Morgan fingerprint density at radius 1 is 1.09 bits per heavy atom. The molecule has 1 aliphatic rings. The van der Waals surface area contributed by atoms with Gasteiger partial charge in [0.2, 0.25) is 5.91 Å². The van der Waals surface area contributed by atoms with Crippen LogP contribution in [-0.2, 0) is 28.7 Å². The molecule has 3 rings (SSSR count). The van der Waals surface area contributed by atoms with Crippen molar-refractivity contribution in [2.75, 3.05) is 7.11 Å². The maximum absolute atomic E-state index is 13.5. The molecule has 0 unspecified atom stereocenters. The van der Waals surface area contributed by atoms with Crippen LogP contribution in [-0.4, -0.2) is 35.0 Å². The van der Waals surface area contributed by atoms with Gasteiger partial charge >= 0.3 is 12.1 Å². The van der Waals surface area contributed by atoms with E-state index >= 15 is 0 Å². The molecule has 0 spiro atoms. The lowest BCUT2D eigenvalue weighted by atomic mass is 9.94. The molecule has 1 aliphatic carbocycles. The molecular weight excluding hydrogens is 423 g/mol. The normalized spacial score (nSPS) is 14.4. The lowest BCUT2D eigenvalue weighted by Crippen LogP contribution is -2.36. The quantitative estimate of drug-likeness (QED) is 0.623. The third-order valence-electron chi connectivity index (χ3n) is 5.85. The van der Waals surface area contributed by atoms with E-state index in [1.807, 2.05) is 0 Å². The average molecular weight is 449 g/mol. The van der Waals surface area contributed by atoms with Gasteiger partial charge in [-0.1, -0.05) is 25.0 Å². The van der Waals surface area contributed by atoms with Crippen LogP contribution < -0.4 is 4.74 Å². The maximum Gasteiger partial charge on any atom is 0.416 e. The van der Waals surface area contributed by atoms with Gasteiger partial charge < -0.3 is 14.7 Å². The van der Waals surface area contributed by atoms with Crippen LogP contribution in [0.1, 0.15) is 49.3 Å². The number of alkyl halides is 3. The molecule has 1 fully saturated rings. The van der Waals surface area contributed by atoms with Crippen LogP contribution in [0.5, 0.6) is 5.75 Å². The number of hydrogen-bond acceptors (Lipinski definition) is 3. The number of carbonyl (C=O) groups is 2. The smallest absolute Gasteiger partial charge is 0.416 e. The molecule has 0 bridgehead atoms. The minimum Gasteiger partial charge on any atom is -0.496 e. The molecule has 8 heteroatoms. The Morgan fingerprint density at radius 2 is 1.78 bits per heavy atom. The highest BCUT2D eigenvalue weighted by atomic mass is 19.4. The number of carboxylic acid groups (broad SMARTS) is 1. The first kappa shape index (κ1) is 23.6. The average Bonchev–Trinajstić information content (AvgIpc) is 3.25. The summed E-state index contributed by atoms with van der Waals surface area (Å²) in [5, 5.41) is 9.14. The Bertz CT molecular complexity index is 997. The van der Waals surface area contributed by atoms with E-state index in [0.29, 0.717) is 28.0 Å². The van der Waals surface area contributed by atoms with Crippen LogP contribution in [0.4, 0.5) is 13.2 Å². The van der Waals surface area contributed by atoms with Crippen molar-refractivity contribution < 1.29 is 32.6 Å². The number of rotatable bonds is 7. The number of aliphatic carboxylic acids is 1. The van der Waals surface area contributed by atoms with Crippen molar-refractivity contribution in [2.24, 2.45) is 0 Å². The summed E-state index contributed by atoms with van der Waals surface area (Å²) in [5.41, 5.74) is 1.01. The van der Waals surface area contributed by atoms with Gasteiger partial charge in [-0.2, -0.15) is 13.2 Å². The van der Waals surface area contributed by atoms with Crippen LogP contribution in [0, 0.1) is 0 Å². The van der Waals surface area contributed by atoms with E-state index in [4.69, 9.17) is 9.84 Å². The first-order valence-electron chi connectivity index (χ1n) is 10.5.